The van der Waals surface area contributed by atoms with Gasteiger partial charge in [0.2, 0.25) is 5.91 Å². The molecule has 0 spiro atoms. The van der Waals surface area contributed by atoms with Crippen LogP contribution in [0.3, 0.4) is 0 Å². The minimum Gasteiger partial charge on any atom is -0.497 e. The van der Waals surface area contributed by atoms with Crippen LogP contribution in [-0.2, 0) is 4.79 Å². The van der Waals surface area contributed by atoms with Crippen molar-refractivity contribution in [3.63, 3.8) is 0 Å². The third-order valence-electron chi connectivity index (χ3n) is 4.11. The summed E-state index contributed by atoms with van der Waals surface area (Å²) >= 11 is 0. The molecule has 6 nitrogen and oxygen atoms in total. The van der Waals surface area contributed by atoms with Gasteiger partial charge < -0.3 is 20.1 Å². The van der Waals surface area contributed by atoms with E-state index in [-0.39, 0.29) is 17.7 Å². The fraction of sp³-hybridized carbons (Fsp3) is 0.600. The summed E-state index contributed by atoms with van der Waals surface area (Å²) in [6, 6.07) is 4.34. The summed E-state index contributed by atoms with van der Waals surface area (Å²) < 4.78 is 10.4. The van der Waals surface area contributed by atoms with Gasteiger partial charge in [0.05, 0.1) is 14.2 Å². The number of rotatable bonds is 10. The summed E-state index contributed by atoms with van der Waals surface area (Å²) in [6.45, 7) is 8.74. The Hall–Kier alpha value is -2.24. The van der Waals surface area contributed by atoms with Crippen molar-refractivity contribution in [3.05, 3.63) is 23.8 Å². The summed E-state index contributed by atoms with van der Waals surface area (Å²) in [5.74, 6) is 1.12. The van der Waals surface area contributed by atoms with Gasteiger partial charge in [0.1, 0.15) is 17.5 Å². The molecule has 1 unspecified atom stereocenters. The van der Waals surface area contributed by atoms with Crippen LogP contribution < -0.4 is 20.1 Å². The fourth-order valence-electron chi connectivity index (χ4n) is 2.53. The van der Waals surface area contributed by atoms with Gasteiger partial charge in [-0.15, -0.1) is 0 Å². The maximum atomic E-state index is 12.6. The Morgan fingerprint density at radius 1 is 1.00 bits per heavy atom. The van der Waals surface area contributed by atoms with Gasteiger partial charge in [0.25, 0.3) is 5.91 Å². The number of methoxy groups -OCH3 is 2. The summed E-state index contributed by atoms with van der Waals surface area (Å²) in [5.41, 5.74) is 0.388. The molecule has 1 aromatic carbocycles. The second kappa shape index (κ2) is 10.7. The minimum absolute atomic E-state index is 0.0310. The third-order valence-corrected chi connectivity index (χ3v) is 4.11. The van der Waals surface area contributed by atoms with Gasteiger partial charge >= 0.3 is 0 Å². The summed E-state index contributed by atoms with van der Waals surface area (Å²) in [7, 11) is 3.05. The fourth-order valence-corrected chi connectivity index (χ4v) is 2.53. The lowest BCUT2D eigenvalue weighted by Gasteiger charge is -2.22. The molecule has 0 saturated heterocycles. The first-order valence-corrected chi connectivity index (χ1v) is 9.10. The molecule has 0 saturated carbocycles. The van der Waals surface area contributed by atoms with Crippen molar-refractivity contribution in [1.82, 2.24) is 10.6 Å². The zero-order chi connectivity index (χ0) is 19.7. The lowest BCUT2D eigenvalue weighted by Crippen LogP contribution is -2.49. The topological polar surface area (TPSA) is 76.7 Å². The van der Waals surface area contributed by atoms with Crippen LogP contribution in [0.15, 0.2) is 18.2 Å². The van der Waals surface area contributed by atoms with E-state index in [0.717, 1.165) is 12.8 Å². The van der Waals surface area contributed by atoms with E-state index in [0.29, 0.717) is 29.5 Å². The van der Waals surface area contributed by atoms with E-state index in [1.54, 1.807) is 18.2 Å². The lowest BCUT2D eigenvalue weighted by molar-refractivity contribution is -0.123. The maximum absolute atomic E-state index is 12.6. The van der Waals surface area contributed by atoms with Gasteiger partial charge in [-0.25, -0.2) is 0 Å². The second-order valence-electron chi connectivity index (χ2n) is 7.12. The summed E-state index contributed by atoms with van der Waals surface area (Å²) in [5, 5.41) is 5.74. The highest BCUT2D eigenvalue weighted by molar-refractivity contribution is 5.98. The number of carbonyl (C=O) groups is 2. The number of amides is 2. The highest BCUT2D eigenvalue weighted by Crippen LogP contribution is 2.22. The molecule has 1 atom stereocenters. The van der Waals surface area contributed by atoms with Crippen LogP contribution in [0.25, 0.3) is 0 Å². The Morgan fingerprint density at radius 2 is 1.58 bits per heavy atom. The number of benzene rings is 1. The molecule has 1 aromatic rings. The van der Waals surface area contributed by atoms with Crippen molar-refractivity contribution < 1.29 is 19.1 Å². The van der Waals surface area contributed by atoms with E-state index < -0.39 is 6.04 Å². The SMILES string of the molecule is COc1cc(OC)cc(C(=O)NC(C(=O)NCCCC(C)C)C(C)C)c1. The predicted molar refractivity (Wildman–Crippen MR) is 103 cm³/mol. The molecule has 26 heavy (non-hydrogen) atoms. The smallest absolute Gasteiger partial charge is 0.252 e. The molecule has 0 aromatic heterocycles. The van der Waals surface area contributed by atoms with Crippen LogP contribution in [0.2, 0.25) is 0 Å². The van der Waals surface area contributed by atoms with Gasteiger partial charge in [-0.2, -0.15) is 0 Å². The average molecular weight is 364 g/mol. The molecule has 2 amide bonds. The largest absolute Gasteiger partial charge is 0.497 e. The van der Waals surface area contributed by atoms with E-state index >= 15 is 0 Å². The number of ether oxygens (including phenoxy) is 2. The Labute approximate surface area is 156 Å². The number of nitrogens with one attached hydrogen (secondary N) is 2. The van der Waals surface area contributed by atoms with Crippen LogP contribution in [0.5, 0.6) is 11.5 Å². The van der Waals surface area contributed by atoms with Crippen molar-refractivity contribution in [2.75, 3.05) is 20.8 Å². The van der Waals surface area contributed by atoms with Crippen molar-refractivity contribution >= 4 is 11.8 Å². The molecule has 146 valence electrons. The summed E-state index contributed by atoms with van der Waals surface area (Å²) in [4.78, 5) is 25.1. The van der Waals surface area contributed by atoms with E-state index in [1.165, 1.54) is 14.2 Å². The number of carbonyl (C=O) groups excluding carboxylic acids is 2. The molecule has 0 bridgehead atoms. The Bertz CT molecular complexity index is 577. The third kappa shape index (κ3) is 6.94. The van der Waals surface area contributed by atoms with E-state index in [4.69, 9.17) is 9.47 Å². The van der Waals surface area contributed by atoms with Crippen molar-refractivity contribution in [2.45, 2.75) is 46.6 Å². The van der Waals surface area contributed by atoms with Gasteiger partial charge in [-0.1, -0.05) is 27.7 Å². The summed E-state index contributed by atoms with van der Waals surface area (Å²) in [6.07, 6.45) is 1.98. The molecule has 0 aliphatic rings. The van der Waals surface area contributed by atoms with Crippen LogP contribution in [-0.4, -0.2) is 38.6 Å². The number of hydrogen-bond donors (Lipinski definition) is 2. The first-order valence-electron chi connectivity index (χ1n) is 9.10. The number of hydrogen-bond acceptors (Lipinski definition) is 4. The molecule has 1 rings (SSSR count). The zero-order valence-electron chi connectivity index (χ0n) is 16.7. The molecular formula is C20H32N2O4. The van der Waals surface area contributed by atoms with Gasteiger partial charge in [0, 0.05) is 18.2 Å². The van der Waals surface area contributed by atoms with Crippen LogP contribution in [0.1, 0.15) is 50.9 Å². The van der Waals surface area contributed by atoms with Crippen molar-refractivity contribution in [3.8, 4) is 11.5 Å². The second-order valence-corrected chi connectivity index (χ2v) is 7.12. The average Bonchev–Trinajstić information content (AvgIpc) is 2.61. The minimum atomic E-state index is -0.598. The quantitative estimate of drug-likeness (QED) is 0.626. The van der Waals surface area contributed by atoms with Crippen LogP contribution in [0.4, 0.5) is 0 Å². The standard InChI is InChI=1S/C20H32N2O4/c1-13(2)8-7-9-21-20(24)18(14(3)4)22-19(23)15-10-16(25-5)12-17(11-15)26-6/h10-14,18H,7-9H2,1-6H3,(H,21,24)(H,22,23). The van der Waals surface area contributed by atoms with Crippen molar-refractivity contribution in [1.29, 1.82) is 0 Å². The molecule has 2 N–H and O–H groups in total. The molecule has 0 radical (unpaired) electrons. The highest BCUT2D eigenvalue weighted by Gasteiger charge is 2.24. The normalized spacial score (nSPS) is 12.0. The van der Waals surface area contributed by atoms with Crippen LogP contribution >= 0.6 is 0 Å². The molecule has 0 fully saturated rings. The monoisotopic (exact) mass is 364 g/mol. The molecular weight excluding hydrogens is 332 g/mol. The highest BCUT2D eigenvalue weighted by atomic mass is 16.5. The molecule has 6 heteroatoms. The molecule has 0 heterocycles. The van der Waals surface area contributed by atoms with Gasteiger partial charge in [-0.05, 0) is 36.8 Å². The van der Waals surface area contributed by atoms with Crippen LogP contribution in [0, 0.1) is 11.8 Å². The lowest BCUT2D eigenvalue weighted by atomic mass is 10.0. The first kappa shape index (κ1) is 21.8. The molecule has 0 aliphatic heterocycles. The van der Waals surface area contributed by atoms with Gasteiger partial charge in [-0.3, -0.25) is 9.59 Å². The van der Waals surface area contributed by atoms with E-state index in [9.17, 15) is 9.59 Å². The van der Waals surface area contributed by atoms with Crippen molar-refractivity contribution in [2.24, 2.45) is 11.8 Å². The molecule has 0 aliphatic carbocycles. The first-order chi connectivity index (χ1) is 12.3. The maximum Gasteiger partial charge on any atom is 0.252 e. The van der Waals surface area contributed by atoms with Gasteiger partial charge in [0.15, 0.2) is 0 Å². The van der Waals surface area contributed by atoms with E-state index in [1.807, 2.05) is 13.8 Å². The van der Waals surface area contributed by atoms with E-state index in [2.05, 4.69) is 24.5 Å². The Morgan fingerprint density at radius 3 is 2.04 bits per heavy atom. The predicted octanol–water partition coefficient (Wildman–Crippen LogP) is 3.01. The Balaban J connectivity index is 2.77. The Kier molecular flexibility index (Phi) is 8.96. The zero-order valence-corrected chi connectivity index (χ0v) is 16.7.